The number of hydrogen-bond acceptors (Lipinski definition) is 7. The molecule has 0 spiro atoms. The molecule has 3 aromatic carbocycles. The average Bonchev–Trinajstić information content (AvgIpc) is 3.85. The monoisotopic (exact) mass is 800 g/mol. The van der Waals surface area contributed by atoms with Crippen LogP contribution in [0, 0.1) is 5.92 Å². The molecule has 56 heavy (non-hydrogen) atoms. The summed E-state index contributed by atoms with van der Waals surface area (Å²) in [6.07, 6.45) is 3.61. The topological polar surface area (TPSA) is 61.2 Å². The minimum Gasteiger partial charge on any atom is -0.493 e. The van der Waals surface area contributed by atoms with Gasteiger partial charge in [0.25, 0.3) is 0 Å². The molecular formula is C44H60ClF3N4O4. The van der Waals surface area contributed by atoms with Gasteiger partial charge in [-0.3, -0.25) is 0 Å². The molecule has 1 fully saturated rings. The molecular weight excluding hydrogens is 741 g/mol. The number of imidazole rings is 1. The third kappa shape index (κ3) is 11.7. The lowest BCUT2D eigenvalue weighted by molar-refractivity contribution is -0.137. The van der Waals surface area contributed by atoms with Gasteiger partial charge in [0, 0.05) is 37.8 Å². The molecule has 1 saturated carbocycles. The van der Waals surface area contributed by atoms with Crippen molar-refractivity contribution in [1.82, 2.24) is 19.4 Å². The van der Waals surface area contributed by atoms with Gasteiger partial charge in [-0.05, 0) is 94.5 Å². The van der Waals surface area contributed by atoms with E-state index in [9.17, 15) is 13.2 Å². The van der Waals surface area contributed by atoms with Crippen LogP contribution in [0.25, 0.3) is 22.4 Å². The molecule has 5 rings (SSSR count). The molecule has 1 aliphatic carbocycles. The minimum absolute atomic E-state index is 0.0267. The number of alkyl halides is 3. The summed E-state index contributed by atoms with van der Waals surface area (Å²) in [6.45, 7) is 19.1. The number of aryl methyl sites for hydroxylation is 1. The Kier molecular flexibility index (Phi) is 16.4. The van der Waals surface area contributed by atoms with Gasteiger partial charge in [-0.25, -0.2) is 4.98 Å². The smallest absolute Gasteiger partial charge is 0.417 e. The van der Waals surface area contributed by atoms with E-state index in [4.69, 9.17) is 35.5 Å². The average molecular weight is 801 g/mol. The van der Waals surface area contributed by atoms with E-state index in [0.29, 0.717) is 49.5 Å². The number of unbranched alkanes of at least 4 members (excludes halogenated alkanes) is 1. The maximum absolute atomic E-state index is 13.7. The number of halogens is 4. The number of rotatable bonds is 23. The van der Waals surface area contributed by atoms with Crippen molar-refractivity contribution < 1.29 is 32.1 Å². The van der Waals surface area contributed by atoms with Crippen LogP contribution in [-0.2, 0) is 12.7 Å². The lowest BCUT2D eigenvalue weighted by Crippen LogP contribution is -2.25. The normalized spacial score (nSPS) is 13.7. The molecule has 0 N–H and O–H groups in total. The quantitative estimate of drug-likeness (QED) is 0.0692. The first-order valence-corrected chi connectivity index (χ1v) is 21.0. The molecule has 1 heterocycles. The fraction of sp³-hybridized carbons (Fsp3) is 0.568. The SMILES string of the molecule is CCCCn1c(-c2ccc(Oc3ccc(Cl)c(C(F)(F)F)c3)cc2OCC2CCCC2)nc2c(OCCCN(CC)CC)cc(OCCCN(CC)CC)cc21. The summed E-state index contributed by atoms with van der Waals surface area (Å²) in [5, 5.41) is -0.382. The zero-order valence-corrected chi connectivity index (χ0v) is 34.6. The number of fused-ring (bicyclic) bond motifs is 1. The van der Waals surface area contributed by atoms with Crippen molar-refractivity contribution in [1.29, 1.82) is 0 Å². The zero-order valence-electron chi connectivity index (χ0n) is 33.9. The first-order chi connectivity index (χ1) is 27.1. The Labute approximate surface area is 336 Å². The molecule has 4 aromatic rings. The van der Waals surface area contributed by atoms with Crippen LogP contribution in [0.4, 0.5) is 13.2 Å². The van der Waals surface area contributed by atoms with Crippen LogP contribution in [0.1, 0.15) is 91.5 Å². The van der Waals surface area contributed by atoms with E-state index >= 15 is 0 Å². The molecule has 308 valence electrons. The molecule has 1 aromatic heterocycles. The van der Waals surface area contributed by atoms with Crippen molar-refractivity contribution in [3.63, 3.8) is 0 Å². The van der Waals surface area contributed by atoms with E-state index < -0.39 is 11.7 Å². The van der Waals surface area contributed by atoms with Crippen molar-refractivity contribution in [3.8, 4) is 40.1 Å². The molecule has 0 bridgehead atoms. The van der Waals surface area contributed by atoms with E-state index in [-0.39, 0.29) is 10.8 Å². The van der Waals surface area contributed by atoms with Crippen molar-refractivity contribution in [3.05, 3.63) is 59.1 Å². The van der Waals surface area contributed by atoms with Gasteiger partial charge < -0.3 is 33.3 Å². The molecule has 0 aliphatic heterocycles. The van der Waals surface area contributed by atoms with Gasteiger partial charge in [0.2, 0.25) is 0 Å². The number of aromatic nitrogens is 2. The van der Waals surface area contributed by atoms with E-state index in [1.807, 2.05) is 12.1 Å². The van der Waals surface area contributed by atoms with Gasteiger partial charge in [0.15, 0.2) is 5.75 Å². The lowest BCUT2D eigenvalue weighted by atomic mass is 10.1. The summed E-state index contributed by atoms with van der Waals surface area (Å²) in [7, 11) is 0. The standard InChI is InChI=1S/C44H60ClF3N4O4/c1-6-11-24-52-39-28-35(53-25-14-22-50(7-2)8-3)30-41(54-26-15-23-51(9-4)10-5)42(39)49-43(52)36-20-18-34(29-40(36)55-31-32-16-12-13-17-32)56-33-19-21-38(45)37(27-33)44(46,47)48/h18-21,27-30,32H,6-17,22-26,31H2,1-5H3. The lowest BCUT2D eigenvalue weighted by Gasteiger charge is -2.19. The Bertz CT molecular complexity index is 1820. The summed E-state index contributed by atoms with van der Waals surface area (Å²) in [4.78, 5) is 10.0. The third-order valence-corrected chi connectivity index (χ3v) is 11.0. The Morgan fingerprint density at radius 3 is 2.02 bits per heavy atom. The molecule has 0 amide bonds. The predicted octanol–water partition coefficient (Wildman–Crippen LogP) is 11.8. The van der Waals surface area contributed by atoms with Crippen LogP contribution in [0.5, 0.6) is 28.7 Å². The van der Waals surface area contributed by atoms with Crippen molar-refractivity contribution >= 4 is 22.6 Å². The first kappa shape index (κ1) is 43.5. The molecule has 0 atom stereocenters. The number of nitrogens with zero attached hydrogens (tertiary/aromatic N) is 4. The summed E-state index contributed by atoms with van der Waals surface area (Å²) in [5.41, 5.74) is 1.48. The molecule has 0 radical (unpaired) electrons. The predicted molar refractivity (Wildman–Crippen MR) is 220 cm³/mol. The van der Waals surface area contributed by atoms with Gasteiger partial charge in [0.05, 0.1) is 41.5 Å². The second-order valence-electron chi connectivity index (χ2n) is 14.5. The number of hydrogen-bond donors (Lipinski definition) is 0. The Balaban J connectivity index is 1.55. The van der Waals surface area contributed by atoms with Gasteiger partial charge in [-0.2, -0.15) is 13.2 Å². The van der Waals surface area contributed by atoms with E-state index in [1.165, 1.54) is 25.0 Å². The second kappa shape index (κ2) is 21.2. The third-order valence-electron chi connectivity index (χ3n) is 10.7. The van der Waals surface area contributed by atoms with Crippen LogP contribution in [0.2, 0.25) is 5.02 Å². The number of benzene rings is 3. The molecule has 1 aliphatic rings. The Hall–Kier alpha value is -3.67. The van der Waals surface area contributed by atoms with Crippen LogP contribution in [0.15, 0.2) is 48.5 Å². The van der Waals surface area contributed by atoms with Crippen LogP contribution in [0.3, 0.4) is 0 Å². The highest BCUT2D eigenvalue weighted by molar-refractivity contribution is 6.31. The van der Waals surface area contributed by atoms with E-state index in [1.54, 1.807) is 12.1 Å². The Morgan fingerprint density at radius 1 is 0.750 bits per heavy atom. The van der Waals surface area contributed by atoms with Crippen LogP contribution < -0.4 is 18.9 Å². The van der Waals surface area contributed by atoms with Gasteiger partial charge in [0.1, 0.15) is 34.3 Å². The molecule has 0 unspecified atom stereocenters. The highest BCUT2D eigenvalue weighted by atomic mass is 35.5. The maximum atomic E-state index is 13.7. The molecule has 8 nitrogen and oxygen atoms in total. The molecule has 0 saturated heterocycles. The van der Waals surface area contributed by atoms with Crippen molar-refractivity contribution in [2.45, 2.75) is 98.7 Å². The molecule has 12 heteroatoms. The van der Waals surface area contributed by atoms with Gasteiger partial charge in [-0.1, -0.05) is 65.5 Å². The summed E-state index contributed by atoms with van der Waals surface area (Å²) in [6, 6.07) is 13.0. The van der Waals surface area contributed by atoms with Gasteiger partial charge in [-0.15, -0.1) is 0 Å². The summed E-state index contributed by atoms with van der Waals surface area (Å²) < 4.78 is 68.8. The highest BCUT2D eigenvalue weighted by Gasteiger charge is 2.34. The fourth-order valence-corrected chi connectivity index (χ4v) is 7.54. The second-order valence-corrected chi connectivity index (χ2v) is 15.0. The number of ether oxygens (including phenoxy) is 4. The first-order valence-electron chi connectivity index (χ1n) is 20.6. The highest BCUT2D eigenvalue weighted by Crippen LogP contribution is 2.42. The van der Waals surface area contributed by atoms with E-state index in [0.717, 1.165) is 112 Å². The van der Waals surface area contributed by atoms with Gasteiger partial charge >= 0.3 is 6.18 Å². The summed E-state index contributed by atoms with van der Waals surface area (Å²) in [5.74, 6) is 3.49. The fourth-order valence-electron chi connectivity index (χ4n) is 7.31. The maximum Gasteiger partial charge on any atom is 0.417 e. The van der Waals surface area contributed by atoms with Crippen LogP contribution in [-0.4, -0.2) is 78.4 Å². The van der Waals surface area contributed by atoms with Crippen LogP contribution >= 0.6 is 11.6 Å². The minimum atomic E-state index is -4.61. The largest absolute Gasteiger partial charge is 0.493 e. The van der Waals surface area contributed by atoms with E-state index in [2.05, 4.69) is 55.1 Å². The van der Waals surface area contributed by atoms with Crippen molar-refractivity contribution in [2.24, 2.45) is 5.92 Å². The Morgan fingerprint density at radius 2 is 1.38 bits per heavy atom. The van der Waals surface area contributed by atoms with Crippen molar-refractivity contribution in [2.75, 3.05) is 59.1 Å². The zero-order chi connectivity index (χ0) is 40.1. The summed E-state index contributed by atoms with van der Waals surface area (Å²) >= 11 is 5.89.